The van der Waals surface area contributed by atoms with Gasteiger partial charge in [-0.05, 0) is 59.5 Å². The first-order valence-corrected chi connectivity index (χ1v) is 19.3. The van der Waals surface area contributed by atoms with Crippen molar-refractivity contribution >= 4 is 59.5 Å². The van der Waals surface area contributed by atoms with E-state index in [-0.39, 0.29) is 0 Å². The summed E-state index contributed by atoms with van der Waals surface area (Å²) in [5.74, 6) is 0.706. The second-order valence-electron chi connectivity index (χ2n) is 13.7. The van der Waals surface area contributed by atoms with Crippen LogP contribution in [0.4, 0.5) is 0 Å². The van der Waals surface area contributed by atoms with Gasteiger partial charge in [-0.1, -0.05) is 158 Å². The summed E-state index contributed by atoms with van der Waals surface area (Å²) in [6.07, 6.45) is 8.41. The Kier molecular flexibility index (Phi) is 8.24. The van der Waals surface area contributed by atoms with E-state index >= 15 is 0 Å². The van der Waals surface area contributed by atoms with Gasteiger partial charge in [0.05, 0.1) is 11.4 Å². The molecule has 0 radical (unpaired) electrons. The Labute approximate surface area is 323 Å². The molecule has 55 heavy (non-hydrogen) atoms. The molecule has 0 fully saturated rings. The Morgan fingerprint density at radius 1 is 0.491 bits per heavy atom. The number of hydrogen-bond donors (Lipinski definition) is 0. The fourth-order valence-corrected chi connectivity index (χ4v) is 8.85. The Morgan fingerprint density at radius 2 is 1.15 bits per heavy atom. The summed E-state index contributed by atoms with van der Waals surface area (Å²) in [7, 11) is 0. The van der Waals surface area contributed by atoms with Crippen LogP contribution >= 0.6 is 11.3 Å². The van der Waals surface area contributed by atoms with E-state index in [1.807, 2.05) is 54.7 Å². The molecule has 3 heterocycles. The number of fused-ring (bicyclic) bond motifs is 6. The topological polar surface area (TPSA) is 38.9 Å². The van der Waals surface area contributed by atoms with E-state index in [9.17, 15) is 0 Å². The van der Waals surface area contributed by atoms with E-state index in [4.69, 9.17) is 14.4 Å². The third kappa shape index (κ3) is 5.94. The van der Waals surface area contributed by atoms with Crippen LogP contribution in [0, 0.1) is 0 Å². The van der Waals surface area contributed by atoms with E-state index in [2.05, 4.69) is 152 Å². The predicted molar refractivity (Wildman–Crippen MR) is 233 cm³/mol. The van der Waals surface area contributed by atoms with Crippen molar-refractivity contribution in [2.75, 3.05) is 0 Å². The van der Waals surface area contributed by atoms with E-state index < -0.39 is 0 Å². The molecular weight excluding hydrogens is 689 g/mol. The third-order valence-electron chi connectivity index (χ3n) is 10.3. The number of benzene rings is 7. The van der Waals surface area contributed by atoms with Gasteiger partial charge < -0.3 is 4.42 Å². The van der Waals surface area contributed by atoms with Crippen LogP contribution in [-0.2, 0) is 0 Å². The Morgan fingerprint density at radius 3 is 1.93 bits per heavy atom. The Balaban J connectivity index is 1.12. The highest BCUT2D eigenvalue weighted by Gasteiger charge is 2.19. The van der Waals surface area contributed by atoms with Crippen molar-refractivity contribution in [3.8, 4) is 56.2 Å². The molecule has 0 spiro atoms. The minimum Gasteiger partial charge on any atom is -0.456 e. The lowest BCUT2D eigenvalue weighted by Gasteiger charge is -2.11. The normalized spacial score (nSPS) is 11.9. The summed E-state index contributed by atoms with van der Waals surface area (Å²) >= 11 is 1.86. The van der Waals surface area contributed by atoms with Gasteiger partial charge in [-0.25, -0.2) is 9.97 Å². The van der Waals surface area contributed by atoms with Crippen LogP contribution < -0.4 is 0 Å². The molecular formula is C51H34N2OS. The number of rotatable bonds is 7. The molecule has 0 saturated carbocycles. The highest BCUT2D eigenvalue weighted by atomic mass is 32.1. The molecule has 0 amide bonds. The minimum atomic E-state index is 0.706. The first-order chi connectivity index (χ1) is 27.2. The molecule has 7 aromatic carbocycles. The van der Waals surface area contributed by atoms with Gasteiger partial charge in [0.2, 0.25) is 0 Å². The molecule has 3 aromatic heterocycles. The first-order valence-electron chi connectivity index (χ1n) is 18.5. The molecule has 3 nitrogen and oxygen atoms in total. The van der Waals surface area contributed by atoms with Crippen LogP contribution in [0.5, 0.6) is 0 Å². The van der Waals surface area contributed by atoms with Crippen molar-refractivity contribution in [3.63, 3.8) is 0 Å². The van der Waals surface area contributed by atoms with Gasteiger partial charge in [0.15, 0.2) is 5.82 Å². The lowest BCUT2D eigenvalue weighted by molar-refractivity contribution is 0.669. The van der Waals surface area contributed by atoms with Crippen molar-refractivity contribution < 1.29 is 4.42 Å². The maximum absolute atomic E-state index is 6.63. The fourth-order valence-electron chi connectivity index (χ4n) is 7.62. The monoisotopic (exact) mass is 722 g/mol. The quantitative estimate of drug-likeness (QED) is 0.154. The molecule has 0 unspecified atom stereocenters. The van der Waals surface area contributed by atoms with Gasteiger partial charge in [-0.2, -0.15) is 0 Å². The molecule has 0 aliphatic carbocycles. The van der Waals surface area contributed by atoms with Crippen LogP contribution in [0.3, 0.4) is 0 Å². The maximum atomic E-state index is 6.63. The predicted octanol–water partition coefficient (Wildman–Crippen LogP) is 14.7. The molecule has 10 aromatic rings. The lowest BCUT2D eigenvalue weighted by atomic mass is 9.93. The van der Waals surface area contributed by atoms with Crippen molar-refractivity contribution in [2.45, 2.75) is 6.92 Å². The molecule has 0 bridgehead atoms. The molecule has 0 aliphatic heterocycles. The maximum Gasteiger partial charge on any atom is 0.160 e. The van der Waals surface area contributed by atoms with Gasteiger partial charge in [0, 0.05) is 53.2 Å². The highest BCUT2D eigenvalue weighted by Crippen LogP contribution is 2.44. The summed E-state index contributed by atoms with van der Waals surface area (Å²) < 4.78 is 9.22. The third-order valence-corrected chi connectivity index (χ3v) is 11.5. The molecule has 10 rings (SSSR count). The summed E-state index contributed by atoms with van der Waals surface area (Å²) in [4.78, 5) is 10.0. The van der Waals surface area contributed by atoms with Crippen molar-refractivity contribution in [2.24, 2.45) is 0 Å². The van der Waals surface area contributed by atoms with Gasteiger partial charge in [-0.15, -0.1) is 11.3 Å². The van der Waals surface area contributed by atoms with E-state index in [0.29, 0.717) is 5.82 Å². The largest absolute Gasteiger partial charge is 0.456 e. The number of allylic oxidation sites excluding steroid dienone is 3. The standard InChI is InChI=1S/C51H34N2OS/c1-2-3-6-19-37-30-47-43(31-42(37)41-23-13-22-40-39-20-11-12-25-48(39)55-50(40)41)49-38(21-14-24-46(49)54-47)33-26-28-35(29-27-33)45-32-44(34-15-7-4-8-16-34)52-51(53-45)36-17-9-5-10-18-36/h2-32H,1H3/b3-2-,19-6-. The van der Waals surface area contributed by atoms with Crippen LogP contribution in [0.15, 0.2) is 186 Å². The van der Waals surface area contributed by atoms with Gasteiger partial charge >= 0.3 is 0 Å². The van der Waals surface area contributed by atoms with Gasteiger partial charge in [0.1, 0.15) is 11.2 Å². The van der Waals surface area contributed by atoms with Gasteiger partial charge in [0.25, 0.3) is 0 Å². The Hall–Kier alpha value is -6.88. The lowest BCUT2D eigenvalue weighted by Crippen LogP contribution is -1.95. The second kappa shape index (κ2) is 13.8. The summed E-state index contributed by atoms with van der Waals surface area (Å²) in [5, 5.41) is 4.79. The van der Waals surface area contributed by atoms with Crippen molar-refractivity contribution in [3.05, 3.63) is 188 Å². The average molecular weight is 723 g/mol. The van der Waals surface area contributed by atoms with E-state index in [1.54, 1.807) is 0 Å². The molecule has 0 saturated heterocycles. The molecule has 0 atom stereocenters. The second-order valence-corrected chi connectivity index (χ2v) is 14.7. The molecule has 0 aliphatic rings. The number of aromatic nitrogens is 2. The number of hydrogen-bond acceptors (Lipinski definition) is 4. The van der Waals surface area contributed by atoms with Crippen molar-refractivity contribution in [1.82, 2.24) is 9.97 Å². The van der Waals surface area contributed by atoms with E-state index in [0.717, 1.165) is 66.7 Å². The zero-order chi connectivity index (χ0) is 36.7. The number of furan rings is 1. The van der Waals surface area contributed by atoms with Gasteiger partial charge in [-0.3, -0.25) is 0 Å². The highest BCUT2D eigenvalue weighted by molar-refractivity contribution is 7.26. The first kappa shape index (κ1) is 32.7. The number of nitrogens with zero attached hydrogens (tertiary/aromatic N) is 2. The van der Waals surface area contributed by atoms with Crippen LogP contribution in [0.2, 0.25) is 0 Å². The summed E-state index contributed by atoms with van der Waals surface area (Å²) in [6, 6.07) is 57.6. The molecule has 0 N–H and O–H groups in total. The minimum absolute atomic E-state index is 0.706. The average Bonchev–Trinajstić information content (AvgIpc) is 3.82. The summed E-state index contributed by atoms with van der Waals surface area (Å²) in [6.45, 7) is 2.04. The van der Waals surface area contributed by atoms with E-state index in [1.165, 1.54) is 31.3 Å². The smallest absolute Gasteiger partial charge is 0.160 e. The van der Waals surface area contributed by atoms with Crippen LogP contribution in [0.1, 0.15) is 12.5 Å². The summed E-state index contributed by atoms with van der Waals surface area (Å²) in [5.41, 5.74) is 12.4. The zero-order valence-electron chi connectivity index (χ0n) is 30.1. The molecule has 4 heteroatoms. The van der Waals surface area contributed by atoms with Crippen molar-refractivity contribution in [1.29, 1.82) is 0 Å². The van der Waals surface area contributed by atoms with Crippen LogP contribution in [0.25, 0.3) is 104 Å². The van der Waals surface area contributed by atoms with Crippen LogP contribution in [-0.4, -0.2) is 9.97 Å². The molecule has 260 valence electrons. The number of thiophene rings is 1. The Bertz CT molecular complexity index is 3020. The fraction of sp³-hybridized carbons (Fsp3) is 0.0196. The SMILES string of the molecule is C/C=C\C=C/c1cc2oc3cccc(-c4ccc(-c5cc(-c6ccccc6)nc(-c6ccccc6)n5)cc4)c3c2cc1-c1cccc2c1sc1ccccc12. The zero-order valence-corrected chi connectivity index (χ0v) is 30.9.